The monoisotopic (exact) mass is 348 g/mol. The number of hydrogen-bond acceptors (Lipinski definition) is 0. The van der Waals surface area contributed by atoms with E-state index in [-0.39, 0.29) is 51.0 Å². The smallest absolute Gasteiger partial charge is 1.00 e. The molecule has 2 rings (SSSR count). The molecule has 0 bridgehead atoms. The zero-order valence-corrected chi connectivity index (χ0v) is 14.7. The molecule has 0 N–H and O–H groups in total. The molecule has 0 nitrogen and oxygen atoms in total. The summed E-state index contributed by atoms with van der Waals surface area (Å²) in [6.07, 6.45) is 10.0. The SMILES string of the molecule is C[SiH](C)[c-]1cccc1.[C-]1=CC=CC1.[Cl-].[Cl-].[Zr+4]. The van der Waals surface area contributed by atoms with Gasteiger partial charge in [0.05, 0.1) is 0 Å². The molecule has 1 aromatic carbocycles. The third kappa shape index (κ3) is 9.72. The van der Waals surface area contributed by atoms with Gasteiger partial charge in [0.15, 0.2) is 0 Å². The Labute approximate surface area is 132 Å². The van der Waals surface area contributed by atoms with Crippen molar-refractivity contribution in [3.63, 3.8) is 0 Å². The Balaban J connectivity index is -0.000000189. The summed E-state index contributed by atoms with van der Waals surface area (Å²) in [5.74, 6) is 0. The zero-order chi connectivity index (χ0) is 9.52. The van der Waals surface area contributed by atoms with Gasteiger partial charge in [-0.2, -0.15) is 23.4 Å². The Kier molecular flexibility index (Phi) is 18.5. The molecule has 0 spiro atoms. The standard InChI is InChI=1S/C7H11Si.C5H5.2ClH.Zr/c1-8(2)7-5-3-4-6-7;1-2-4-5-3-1;;;/h3-6,8H,1-2H3;1-3H,4H2;2*1H;/q2*-1;;;+4/p-2. The van der Waals surface area contributed by atoms with Crippen molar-refractivity contribution >= 4 is 14.0 Å². The van der Waals surface area contributed by atoms with Gasteiger partial charge in [-0.3, -0.25) is 6.08 Å². The molecular weight excluding hydrogens is 334 g/mol. The molecular formula is C12H16Cl2SiZr. The molecule has 4 heteroatoms. The fourth-order valence-electron chi connectivity index (χ4n) is 1.11. The van der Waals surface area contributed by atoms with Gasteiger partial charge in [-0.1, -0.05) is 13.1 Å². The second-order valence-corrected chi connectivity index (χ2v) is 6.35. The molecule has 0 radical (unpaired) electrons. The molecule has 1 aliphatic carbocycles. The first-order valence-corrected chi connectivity index (χ1v) is 7.62. The molecule has 0 fully saturated rings. The topological polar surface area (TPSA) is 0 Å². The Hall–Kier alpha value is 0.510. The second kappa shape index (κ2) is 13.6. The average Bonchev–Trinajstić information content (AvgIpc) is 2.82. The number of hydrogen-bond donors (Lipinski definition) is 0. The van der Waals surface area contributed by atoms with E-state index < -0.39 is 8.80 Å². The van der Waals surface area contributed by atoms with Crippen LogP contribution in [0.2, 0.25) is 13.1 Å². The van der Waals surface area contributed by atoms with Crippen molar-refractivity contribution in [2.45, 2.75) is 19.5 Å². The maximum Gasteiger partial charge on any atom is 4.00 e. The average molecular weight is 350 g/mol. The number of halogens is 2. The van der Waals surface area contributed by atoms with Crippen LogP contribution >= 0.6 is 0 Å². The van der Waals surface area contributed by atoms with Crippen molar-refractivity contribution in [3.05, 3.63) is 48.6 Å². The molecule has 16 heavy (non-hydrogen) atoms. The van der Waals surface area contributed by atoms with Crippen LogP contribution in [0.15, 0.2) is 42.5 Å². The van der Waals surface area contributed by atoms with E-state index >= 15 is 0 Å². The quantitative estimate of drug-likeness (QED) is 0.363. The zero-order valence-electron chi connectivity index (χ0n) is 9.58. The van der Waals surface area contributed by atoms with Gasteiger partial charge in [0.2, 0.25) is 0 Å². The van der Waals surface area contributed by atoms with Crippen LogP contribution in [-0.2, 0) is 26.2 Å². The largest absolute Gasteiger partial charge is 4.00 e. The third-order valence-corrected chi connectivity index (χ3v) is 3.66. The van der Waals surface area contributed by atoms with Crippen molar-refractivity contribution in [3.8, 4) is 0 Å². The van der Waals surface area contributed by atoms with Crippen LogP contribution in [0.4, 0.5) is 0 Å². The minimum Gasteiger partial charge on any atom is -1.00 e. The van der Waals surface area contributed by atoms with E-state index in [9.17, 15) is 0 Å². The molecule has 0 heterocycles. The van der Waals surface area contributed by atoms with Gasteiger partial charge in [-0.25, -0.2) is 24.3 Å². The van der Waals surface area contributed by atoms with Crippen LogP contribution in [0.25, 0.3) is 0 Å². The molecule has 86 valence electrons. The Morgan fingerprint density at radius 1 is 1.12 bits per heavy atom. The van der Waals surface area contributed by atoms with Gasteiger partial charge in [0, 0.05) is 8.80 Å². The predicted octanol–water partition coefficient (Wildman–Crippen LogP) is -3.59. The normalized spacial score (nSPS) is 10.7. The third-order valence-electron chi connectivity index (χ3n) is 1.94. The maximum atomic E-state index is 2.99. The van der Waals surface area contributed by atoms with Crippen LogP contribution in [-0.4, -0.2) is 8.80 Å². The fraction of sp³-hybridized carbons (Fsp3) is 0.250. The van der Waals surface area contributed by atoms with Gasteiger partial charge in [-0.15, -0.1) is 6.42 Å². The summed E-state index contributed by atoms with van der Waals surface area (Å²) in [6, 6.07) is 8.67. The van der Waals surface area contributed by atoms with E-state index in [1.54, 1.807) is 5.19 Å². The molecule has 1 aromatic rings. The van der Waals surface area contributed by atoms with Gasteiger partial charge >= 0.3 is 26.2 Å². The van der Waals surface area contributed by atoms with E-state index in [0.717, 1.165) is 6.42 Å². The Morgan fingerprint density at radius 2 is 1.69 bits per heavy atom. The van der Waals surface area contributed by atoms with Crippen LogP contribution in [0.5, 0.6) is 0 Å². The minimum atomic E-state index is -0.480. The van der Waals surface area contributed by atoms with Crippen molar-refractivity contribution in [1.82, 2.24) is 0 Å². The van der Waals surface area contributed by atoms with Crippen molar-refractivity contribution in [2.75, 3.05) is 0 Å². The van der Waals surface area contributed by atoms with E-state index in [0.29, 0.717) is 0 Å². The van der Waals surface area contributed by atoms with E-state index in [4.69, 9.17) is 0 Å². The maximum absolute atomic E-state index is 2.99. The molecule has 0 amide bonds. The minimum absolute atomic E-state index is 0. The van der Waals surface area contributed by atoms with Crippen LogP contribution in [0, 0.1) is 6.08 Å². The van der Waals surface area contributed by atoms with E-state index in [1.807, 2.05) is 12.2 Å². The van der Waals surface area contributed by atoms with Gasteiger partial charge in [-0.05, 0) is 0 Å². The first kappa shape index (κ1) is 21.8. The van der Waals surface area contributed by atoms with E-state index in [2.05, 4.69) is 49.5 Å². The van der Waals surface area contributed by atoms with Crippen molar-refractivity contribution in [1.29, 1.82) is 0 Å². The summed E-state index contributed by atoms with van der Waals surface area (Å²) in [5, 5.41) is 1.57. The Morgan fingerprint density at radius 3 is 1.88 bits per heavy atom. The summed E-state index contributed by atoms with van der Waals surface area (Å²) < 4.78 is 0. The predicted molar refractivity (Wildman–Crippen MR) is 62.1 cm³/mol. The molecule has 0 aromatic heterocycles. The van der Waals surface area contributed by atoms with Crippen LogP contribution in [0.3, 0.4) is 0 Å². The fourth-order valence-corrected chi connectivity index (χ4v) is 2.11. The molecule has 0 saturated carbocycles. The molecule has 0 aliphatic heterocycles. The second-order valence-electron chi connectivity index (χ2n) is 3.38. The van der Waals surface area contributed by atoms with Gasteiger partial charge in [0.1, 0.15) is 0 Å². The first-order chi connectivity index (χ1) is 6.30. The molecule has 1 aliphatic rings. The van der Waals surface area contributed by atoms with Gasteiger partial charge < -0.3 is 24.8 Å². The van der Waals surface area contributed by atoms with Gasteiger partial charge in [0.25, 0.3) is 0 Å². The summed E-state index contributed by atoms with van der Waals surface area (Å²) in [7, 11) is -0.480. The molecule has 0 atom stereocenters. The number of allylic oxidation sites excluding steroid dienone is 4. The first-order valence-electron chi connectivity index (χ1n) is 4.74. The molecule has 0 unspecified atom stereocenters. The molecule has 0 saturated heterocycles. The Bertz CT molecular complexity index is 269. The number of rotatable bonds is 1. The summed E-state index contributed by atoms with van der Waals surface area (Å²) in [4.78, 5) is 0. The van der Waals surface area contributed by atoms with Crippen molar-refractivity contribution < 1.29 is 51.0 Å². The van der Waals surface area contributed by atoms with Crippen molar-refractivity contribution in [2.24, 2.45) is 0 Å². The van der Waals surface area contributed by atoms with E-state index in [1.165, 1.54) is 0 Å². The van der Waals surface area contributed by atoms with Crippen LogP contribution < -0.4 is 30.0 Å². The van der Waals surface area contributed by atoms with Crippen LogP contribution in [0.1, 0.15) is 6.42 Å². The summed E-state index contributed by atoms with van der Waals surface area (Å²) >= 11 is 0. The summed E-state index contributed by atoms with van der Waals surface area (Å²) in [6.45, 7) is 4.69. The summed E-state index contributed by atoms with van der Waals surface area (Å²) in [5.41, 5.74) is 0.